The Bertz CT molecular complexity index is 500. The Kier molecular flexibility index (Phi) is 2.74. The molecule has 2 rings (SSSR count). The van der Waals surface area contributed by atoms with Crippen LogP contribution in [0, 0.1) is 6.92 Å². The van der Waals surface area contributed by atoms with Crippen molar-refractivity contribution in [2.24, 2.45) is 5.84 Å². The van der Waals surface area contributed by atoms with Crippen LogP contribution in [0.4, 0.5) is 0 Å². The fourth-order valence-corrected chi connectivity index (χ4v) is 1.37. The zero-order valence-corrected chi connectivity index (χ0v) is 8.80. The molecule has 0 bridgehead atoms. The number of nitrogen functional groups attached to an aromatic ring is 1. The molecule has 6 heteroatoms. The second-order valence-electron chi connectivity index (χ2n) is 3.45. The van der Waals surface area contributed by atoms with Gasteiger partial charge < -0.3 is 4.42 Å². The maximum Gasteiger partial charge on any atom is 0.300 e. The summed E-state index contributed by atoms with van der Waals surface area (Å²) in [6.45, 7) is 2.45. The second kappa shape index (κ2) is 4.19. The number of amides is 1. The zero-order valence-electron chi connectivity index (χ0n) is 8.80. The minimum atomic E-state index is -0.442. The average molecular weight is 220 g/mol. The van der Waals surface area contributed by atoms with Crippen molar-refractivity contribution in [3.05, 3.63) is 41.6 Å². The van der Waals surface area contributed by atoms with Crippen LogP contribution in [0.3, 0.4) is 0 Å². The molecule has 0 saturated carbocycles. The van der Waals surface area contributed by atoms with Crippen LogP contribution in [0.1, 0.15) is 21.9 Å². The number of hydrogen-bond donors (Lipinski definition) is 2. The van der Waals surface area contributed by atoms with E-state index in [1.54, 1.807) is 23.0 Å². The number of nitrogens with zero attached hydrogens (tertiary/aromatic N) is 2. The molecule has 2 heterocycles. The number of hydrazine groups is 1. The summed E-state index contributed by atoms with van der Waals surface area (Å²) in [4.78, 5) is 11.1. The van der Waals surface area contributed by atoms with Gasteiger partial charge in [-0.3, -0.25) is 14.9 Å². The lowest BCUT2D eigenvalue weighted by Gasteiger charge is -1.97. The molecule has 0 radical (unpaired) electrons. The van der Waals surface area contributed by atoms with Gasteiger partial charge in [0.1, 0.15) is 5.76 Å². The van der Waals surface area contributed by atoms with E-state index >= 15 is 0 Å². The maximum absolute atomic E-state index is 11.1. The number of carbonyl (C=O) groups is 1. The Morgan fingerprint density at radius 1 is 1.62 bits per heavy atom. The second-order valence-corrected chi connectivity index (χ2v) is 3.45. The Hall–Kier alpha value is -2.08. The number of nitrogens with one attached hydrogen (secondary N) is 1. The van der Waals surface area contributed by atoms with Crippen molar-refractivity contribution in [2.75, 3.05) is 0 Å². The number of carbonyl (C=O) groups excluding carboxylic acids is 1. The molecule has 1 amide bonds. The zero-order chi connectivity index (χ0) is 11.5. The third kappa shape index (κ3) is 2.12. The molecule has 0 aliphatic rings. The molecule has 0 spiro atoms. The molecule has 0 unspecified atom stereocenters. The van der Waals surface area contributed by atoms with Gasteiger partial charge in [-0.1, -0.05) is 0 Å². The Labute approximate surface area is 92.0 Å². The molecule has 0 atom stereocenters. The van der Waals surface area contributed by atoms with Crippen molar-refractivity contribution < 1.29 is 9.21 Å². The number of nitrogens with two attached hydrogens (primary N) is 1. The summed E-state index contributed by atoms with van der Waals surface area (Å²) in [5, 5.41) is 4.12. The molecular formula is C10H12N4O2. The molecule has 2 aromatic rings. The van der Waals surface area contributed by atoms with Gasteiger partial charge in [-0.05, 0) is 24.6 Å². The highest BCUT2D eigenvalue weighted by atomic mass is 16.4. The van der Waals surface area contributed by atoms with E-state index in [0.717, 1.165) is 5.56 Å². The molecule has 2 aromatic heterocycles. The quantitative estimate of drug-likeness (QED) is 0.446. The van der Waals surface area contributed by atoms with Crippen LogP contribution in [-0.2, 0) is 6.54 Å². The highest BCUT2D eigenvalue weighted by Crippen LogP contribution is 2.09. The van der Waals surface area contributed by atoms with E-state index in [1.165, 1.54) is 0 Å². The van der Waals surface area contributed by atoms with Gasteiger partial charge >= 0.3 is 5.91 Å². The summed E-state index contributed by atoms with van der Waals surface area (Å²) < 4.78 is 7.03. The molecule has 0 fully saturated rings. The number of aromatic nitrogens is 2. The van der Waals surface area contributed by atoms with Crippen molar-refractivity contribution in [1.29, 1.82) is 0 Å². The van der Waals surface area contributed by atoms with Gasteiger partial charge in [-0.15, -0.1) is 0 Å². The van der Waals surface area contributed by atoms with Gasteiger partial charge in [-0.2, -0.15) is 5.10 Å². The van der Waals surface area contributed by atoms with E-state index in [-0.39, 0.29) is 5.76 Å². The van der Waals surface area contributed by atoms with Crippen molar-refractivity contribution >= 4 is 5.91 Å². The van der Waals surface area contributed by atoms with E-state index in [9.17, 15) is 4.79 Å². The van der Waals surface area contributed by atoms with E-state index in [1.807, 2.05) is 18.5 Å². The molecule has 6 nitrogen and oxygen atoms in total. The van der Waals surface area contributed by atoms with Crippen LogP contribution >= 0.6 is 0 Å². The third-order valence-corrected chi connectivity index (χ3v) is 2.10. The number of aryl methyl sites for hydroxylation is 1. The first-order valence-electron chi connectivity index (χ1n) is 4.78. The van der Waals surface area contributed by atoms with Crippen molar-refractivity contribution in [3.8, 4) is 0 Å². The smallest absolute Gasteiger partial charge is 0.300 e. The SMILES string of the molecule is Cc1cnn(Cc2ccc(C(=O)NN)o2)c1. The van der Waals surface area contributed by atoms with E-state index in [2.05, 4.69) is 5.10 Å². The molecule has 0 saturated heterocycles. The Balaban J connectivity index is 2.11. The highest BCUT2D eigenvalue weighted by molar-refractivity contribution is 5.90. The van der Waals surface area contributed by atoms with Crippen LogP contribution < -0.4 is 11.3 Å². The van der Waals surface area contributed by atoms with Crippen molar-refractivity contribution in [2.45, 2.75) is 13.5 Å². The van der Waals surface area contributed by atoms with Crippen molar-refractivity contribution in [1.82, 2.24) is 15.2 Å². The lowest BCUT2D eigenvalue weighted by molar-refractivity contribution is 0.0924. The molecule has 84 valence electrons. The first kappa shape index (κ1) is 10.4. The largest absolute Gasteiger partial charge is 0.454 e. The van der Waals surface area contributed by atoms with Gasteiger partial charge in [0.15, 0.2) is 5.76 Å². The van der Waals surface area contributed by atoms with E-state index in [0.29, 0.717) is 12.3 Å². The maximum atomic E-state index is 11.1. The predicted octanol–water partition coefficient (Wildman–Crippen LogP) is 0.436. The lowest BCUT2D eigenvalue weighted by atomic mass is 10.4. The summed E-state index contributed by atoms with van der Waals surface area (Å²) >= 11 is 0. The van der Waals surface area contributed by atoms with Crippen LogP contribution in [0.15, 0.2) is 28.9 Å². The fourth-order valence-electron chi connectivity index (χ4n) is 1.37. The highest BCUT2D eigenvalue weighted by Gasteiger charge is 2.09. The van der Waals surface area contributed by atoms with Gasteiger partial charge in [0.25, 0.3) is 0 Å². The fraction of sp³-hybridized carbons (Fsp3) is 0.200. The average Bonchev–Trinajstić information content (AvgIpc) is 2.87. The number of hydrogen-bond acceptors (Lipinski definition) is 4. The number of furan rings is 1. The monoisotopic (exact) mass is 220 g/mol. The Morgan fingerprint density at radius 3 is 3.06 bits per heavy atom. The minimum Gasteiger partial charge on any atom is -0.454 e. The van der Waals surface area contributed by atoms with Crippen LogP contribution in [0.5, 0.6) is 0 Å². The molecule has 3 N–H and O–H groups in total. The third-order valence-electron chi connectivity index (χ3n) is 2.10. The standard InChI is InChI=1S/C10H12N4O2/c1-7-4-12-14(5-7)6-8-2-3-9(16-8)10(15)13-11/h2-5H,6,11H2,1H3,(H,13,15). The van der Waals surface area contributed by atoms with Crippen LogP contribution in [0.25, 0.3) is 0 Å². The molecule has 16 heavy (non-hydrogen) atoms. The molecular weight excluding hydrogens is 208 g/mol. The molecule has 0 aromatic carbocycles. The van der Waals surface area contributed by atoms with Gasteiger partial charge in [-0.25, -0.2) is 5.84 Å². The first-order valence-corrected chi connectivity index (χ1v) is 4.78. The van der Waals surface area contributed by atoms with Gasteiger partial charge in [0.05, 0.1) is 12.7 Å². The molecule has 0 aliphatic heterocycles. The summed E-state index contributed by atoms with van der Waals surface area (Å²) in [5.41, 5.74) is 3.08. The predicted molar refractivity (Wildman–Crippen MR) is 56.4 cm³/mol. The van der Waals surface area contributed by atoms with Crippen LogP contribution in [-0.4, -0.2) is 15.7 Å². The number of rotatable bonds is 3. The van der Waals surface area contributed by atoms with E-state index < -0.39 is 5.91 Å². The molecule has 0 aliphatic carbocycles. The first-order chi connectivity index (χ1) is 7.69. The van der Waals surface area contributed by atoms with Gasteiger partial charge in [0, 0.05) is 6.20 Å². The summed E-state index contributed by atoms with van der Waals surface area (Å²) in [6, 6.07) is 3.30. The minimum absolute atomic E-state index is 0.196. The van der Waals surface area contributed by atoms with E-state index in [4.69, 9.17) is 10.3 Å². The summed E-state index contributed by atoms with van der Waals surface area (Å²) in [6.07, 6.45) is 3.65. The lowest BCUT2D eigenvalue weighted by Crippen LogP contribution is -2.29. The van der Waals surface area contributed by atoms with Crippen LogP contribution in [0.2, 0.25) is 0 Å². The normalized spacial score (nSPS) is 10.4. The van der Waals surface area contributed by atoms with Crippen molar-refractivity contribution in [3.63, 3.8) is 0 Å². The Morgan fingerprint density at radius 2 is 2.44 bits per heavy atom. The summed E-state index contributed by atoms with van der Waals surface area (Å²) in [7, 11) is 0. The van der Waals surface area contributed by atoms with Gasteiger partial charge in [0.2, 0.25) is 0 Å². The topological polar surface area (TPSA) is 86.1 Å². The summed E-state index contributed by atoms with van der Waals surface area (Å²) in [5.74, 6) is 5.40.